The van der Waals surface area contributed by atoms with Crippen molar-refractivity contribution in [3.63, 3.8) is 0 Å². The van der Waals surface area contributed by atoms with Gasteiger partial charge in [0.1, 0.15) is 0 Å². The molecule has 1 N–H and O–H groups in total. The van der Waals surface area contributed by atoms with Gasteiger partial charge in [-0.3, -0.25) is 4.79 Å². The van der Waals surface area contributed by atoms with Crippen molar-refractivity contribution in [2.45, 2.75) is 30.6 Å². The van der Waals surface area contributed by atoms with Crippen LogP contribution in [0, 0.1) is 0 Å². The standard InChI is InChI=1S/C15H19NO2/c1-16-9-11(10-16)12-4-2-3-5-13(12)15(6-7-15)8-14(17)18/h2-5,11H,6-10H2,1H3,(H,17,18). The van der Waals surface area contributed by atoms with Crippen LogP contribution in [0.3, 0.4) is 0 Å². The van der Waals surface area contributed by atoms with Crippen molar-refractivity contribution >= 4 is 5.97 Å². The second kappa shape index (κ2) is 4.09. The molecule has 3 nitrogen and oxygen atoms in total. The smallest absolute Gasteiger partial charge is 0.304 e. The minimum absolute atomic E-state index is 0.0589. The van der Waals surface area contributed by atoms with E-state index in [0.717, 1.165) is 25.9 Å². The summed E-state index contributed by atoms with van der Waals surface area (Å²) in [6.07, 6.45) is 2.34. The number of carboxylic acids is 1. The number of hydrogen-bond acceptors (Lipinski definition) is 2. The average Bonchev–Trinajstić information content (AvgIpc) is 3.05. The fraction of sp³-hybridized carbons (Fsp3) is 0.533. The Morgan fingerprint density at radius 1 is 1.39 bits per heavy atom. The largest absolute Gasteiger partial charge is 0.481 e. The van der Waals surface area contributed by atoms with E-state index in [1.165, 1.54) is 11.1 Å². The summed E-state index contributed by atoms with van der Waals surface area (Å²) in [5, 5.41) is 9.08. The maximum Gasteiger partial charge on any atom is 0.304 e. The number of rotatable bonds is 4. The molecule has 1 saturated heterocycles. The Kier molecular flexibility index (Phi) is 2.67. The van der Waals surface area contributed by atoms with Gasteiger partial charge in [0.2, 0.25) is 0 Å². The van der Waals surface area contributed by atoms with E-state index < -0.39 is 5.97 Å². The fourth-order valence-electron chi connectivity index (χ4n) is 3.21. The highest BCUT2D eigenvalue weighted by atomic mass is 16.4. The summed E-state index contributed by atoms with van der Waals surface area (Å²) in [5.74, 6) is -0.0782. The lowest BCUT2D eigenvalue weighted by atomic mass is 9.81. The first kappa shape index (κ1) is 11.7. The predicted octanol–water partition coefficient (Wildman–Crippen LogP) is 2.22. The van der Waals surface area contributed by atoms with Crippen molar-refractivity contribution in [3.05, 3.63) is 35.4 Å². The normalized spacial score (nSPS) is 22.5. The van der Waals surface area contributed by atoms with E-state index in [9.17, 15) is 4.79 Å². The first-order chi connectivity index (χ1) is 8.61. The van der Waals surface area contributed by atoms with E-state index in [1.54, 1.807) is 0 Å². The zero-order valence-electron chi connectivity index (χ0n) is 10.7. The van der Waals surface area contributed by atoms with Crippen LogP contribution in [-0.2, 0) is 10.2 Å². The highest BCUT2D eigenvalue weighted by Gasteiger charge is 2.48. The lowest BCUT2D eigenvalue weighted by molar-refractivity contribution is -0.137. The number of hydrogen-bond donors (Lipinski definition) is 1. The van der Waals surface area contributed by atoms with Gasteiger partial charge >= 0.3 is 5.97 Å². The zero-order chi connectivity index (χ0) is 12.8. The minimum Gasteiger partial charge on any atom is -0.481 e. The van der Waals surface area contributed by atoms with Crippen LogP contribution in [0.2, 0.25) is 0 Å². The molecular weight excluding hydrogens is 226 g/mol. The fourth-order valence-corrected chi connectivity index (χ4v) is 3.21. The van der Waals surface area contributed by atoms with Crippen molar-refractivity contribution in [2.24, 2.45) is 0 Å². The molecule has 1 aromatic carbocycles. The molecular formula is C15H19NO2. The van der Waals surface area contributed by atoms with Crippen LogP contribution in [0.1, 0.15) is 36.3 Å². The Morgan fingerprint density at radius 3 is 2.61 bits per heavy atom. The number of carboxylic acid groups (broad SMARTS) is 1. The van der Waals surface area contributed by atoms with Gasteiger partial charge in [-0.05, 0) is 31.0 Å². The van der Waals surface area contributed by atoms with Crippen LogP contribution in [0.5, 0.6) is 0 Å². The topological polar surface area (TPSA) is 40.5 Å². The molecule has 0 unspecified atom stereocenters. The summed E-state index contributed by atoms with van der Waals surface area (Å²) in [6.45, 7) is 2.19. The highest BCUT2D eigenvalue weighted by molar-refractivity contribution is 5.70. The summed E-state index contributed by atoms with van der Waals surface area (Å²) in [7, 11) is 2.13. The van der Waals surface area contributed by atoms with Crippen molar-refractivity contribution in [2.75, 3.05) is 20.1 Å². The van der Waals surface area contributed by atoms with Gasteiger partial charge in [0, 0.05) is 24.4 Å². The number of likely N-dealkylation sites (tertiary alicyclic amines) is 1. The summed E-state index contributed by atoms with van der Waals surface area (Å²) in [5.41, 5.74) is 2.62. The summed E-state index contributed by atoms with van der Waals surface area (Å²) >= 11 is 0. The molecule has 3 rings (SSSR count). The van der Waals surface area contributed by atoms with Gasteiger partial charge in [0.05, 0.1) is 6.42 Å². The summed E-state index contributed by atoms with van der Waals surface area (Å²) in [6, 6.07) is 8.45. The van der Waals surface area contributed by atoms with Crippen LogP contribution in [0.25, 0.3) is 0 Å². The Bertz CT molecular complexity index is 473. The molecule has 1 heterocycles. The Hall–Kier alpha value is -1.35. The van der Waals surface area contributed by atoms with Gasteiger partial charge in [-0.25, -0.2) is 0 Å². The lowest BCUT2D eigenvalue weighted by Gasteiger charge is -2.38. The highest BCUT2D eigenvalue weighted by Crippen LogP contribution is 2.53. The second-order valence-electron chi connectivity index (χ2n) is 5.86. The zero-order valence-corrected chi connectivity index (χ0v) is 10.7. The molecule has 1 saturated carbocycles. The monoisotopic (exact) mass is 245 g/mol. The number of nitrogens with zero attached hydrogens (tertiary/aromatic N) is 1. The molecule has 0 bridgehead atoms. The number of aliphatic carboxylic acids is 1. The molecule has 0 radical (unpaired) electrons. The molecule has 0 spiro atoms. The van der Waals surface area contributed by atoms with Crippen LogP contribution >= 0.6 is 0 Å². The van der Waals surface area contributed by atoms with Crippen molar-refractivity contribution in [1.29, 1.82) is 0 Å². The van der Waals surface area contributed by atoms with Crippen molar-refractivity contribution < 1.29 is 9.90 Å². The van der Waals surface area contributed by atoms with E-state index in [0.29, 0.717) is 5.92 Å². The Balaban J connectivity index is 1.90. The van der Waals surface area contributed by atoms with Crippen molar-refractivity contribution in [3.8, 4) is 0 Å². The second-order valence-corrected chi connectivity index (χ2v) is 5.86. The van der Waals surface area contributed by atoms with Gasteiger partial charge in [0.25, 0.3) is 0 Å². The minimum atomic E-state index is -0.673. The third kappa shape index (κ3) is 1.93. The van der Waals surface area contributed by atoms with Gasteiger partial charge < -0.3 is 10.0 Å². The van der Waals surface area contributed by atoms with Crippen LogP contribution < -0.4 is 0 Å². The van der Waals surface area contributed by atoms with Crippen LogP contribution in [0.15, 0.2) is 24.3 Å². The Labute approximate surface area is 107 Å². The maximum atomic E-state index is 11.0. The van der Waals surface area contributed by atoms with E-state index in [1.807, 2.05) is 6.07 Å². The summed E-state index contributed by atoms with van der Waals surface area (Å²) in [4.78, 5) is 13.3. The quantitative estimate of drug-likeness (QED) is 0.884. The van der Waals surface area contributed by atoms with Gasteiger partial charge in [-0.1, -0.05) is 24.3 Å². The molecule has 0 aromatic heterocycles. The molecule has 3 heteroatoms. The maximum absolute atomic E-state index is 11.0. The molecule has 2 aliphatic rings. The van der Waals surface area contributed by atoms with E-state index in [4.69, 9.17) is 5.11 Å². The number of likely N-dealkylation sites (N-methyl/N-ethyl adjacent to an activating group) is 1. The predicted molar refractivity (Wildman–Crippen MR) is 69.8 cm³/mol. The Morgan fingerprint density at radius 2 is 2.06 bits per heavy atom. The molecule has 1 aliphatic carbocycles. The van der Waals surface area contributed by atoms with Crippen LogP contribution in [0.4, 0.5) is 0 Å². The molecule has 0 atom stereocenters. The van der Waals surface area contributed by atoms with Crippen molar-refractivity contribution in [1.82, 2.24) is 4.90 Å². The van der Waals surface area contributed by atoms with E-state index in [-0.39, 0.29) is 11.8 Å². The van der Waals surface area contributed by atoms with Gasteiger partial charge in [0.15, 0.2) is 0 Å². The van der Waals surface area contributed by atoms with Gasteiger partial charge in [-0.15, -0.1) is 0 Å². The first-order valence-electron chi connectivity index (χ1n) is 6.60. The molecule has 1 aromatic rings. The van der Waals surface area contributed by atoms with E-state index >= 15 is 0 Å². The molecule has 1 aliphatic heterocycles. The third-order valence-corrected chi connectivity index (χ3v) is 4.38. The molecule has 18 heavy (non-hydrogen) atoms. The average molecular weight is 245 g/mol. The molecule has 2 fully saturated rings. The SMILES string of the molecule is CN1CC(c2ccccc2C2(CC(=O)O)CC2)C1. The summed E-state index contributed by atoms with van der Waals surface area (Å²) < 4.78 is 0. The molecule has 96 valence electrons. The van der Waals surface area contributed by atoms with Crippen LogP contribution in [-0.4, -0.2) is 36.1 Å². The molecule has 0 amide bonds. The van der Waals surface area contributed by atoms with Gasteiger partial charge in [-0.2, -0.15) is 0 Å². The van der Waals surface area contributed by atoms with E-state index in [2.05, 4.69) is 30.1 Å². The number of benzene rings is 1. The third-order valence-electron chi connectivity index (χ3n) is 4.38. The lowest BCUT2D eigenvalue weighted by Crippen LogP contribution is -2.42. The number of carbonyl (C=O) groups is 1. The first-order valence-corrected chi connectivity index (χ1v) is 6.60.